The molecular weight excluding hydrogens is 273 g/mol. The molecule has 2 N–H and O–H groups in total. The fourth-order valence-corrected chi connectivity index (χ4v) is 1.75. The molecule has 1 aromatic heterocycles. The molecule has 1 aromatic carbocycles. The molecule has 0 aliphatic rings. The van der Waals surface area contributed by atoms with Crippen molar-refractivity contribution in [2.45, 2.75) is 13.8 Å². The molecule has 0 unspecified atom stereocenters. The molecule has 0 fully saturated rings. The Morgan fingerprint density at radius 3 is 2.39 bits per heavy atom. The maximum atomic E-state index is 6.08. The summed E-state index contributed by atoms with van der Waals surface area (Å²) in [5.41, 5.74) is 7.88. The minimum atomic E-state index is 0.0848. The average molecular weight is 284 g/mol. The molecule has 0 radical (unpaired) electrons. The molecule has 0 spiro atoms. The first-order valence-corrected chi connectivity index (χ1v) is 5.95. The summed E-state index contributed by atoms with van der Waals surface area (Å²) in [7, 11) is 0. The number of nitrogens with two attached hydrogens (primary N) is 1. The van der Waals surface area contributed by atoms with Crippen LogP contribution < -0.4 is 10.5 Å². The van der Waals surface area contributed by atoms with E-state index >= 15 is 0 Å². The summed E-state index contributed by atoms with van der Waals surface area (Å²) in [5, 5.41) is 0.803. The highest BCUT2D eigenvalue weighted by Crippen LogP contribution is 2.30. The molecule has 2 rings (SSSR count). The second-order valence-electron chi connectivity index (χ2n) is 3.87. The van der Waals surface area contributed by atoms with Crippen molar-refractivity contribution < 1.29 is 4.74 Å². The number of hydrogen-bond donors (Lipinski definition) is 1. The van der Waals surface area contributed by atoms with E-state index in [9.17, 15) is 0 Å². The van der Waals surface area contributed by atoms with Crippen molar-refractivity contribution >= 4 is 28.9 Å². The highest BCUT2D eigenvalue weighted by molar-refractivity contribution is 6.32. The molecule has 0 saturated heterocycles. The molecular formula is C12H11Cl2N3O. The summed E-state index contributed by atoms with van der Waals surface area (Å²) in [6.45, 7) is 3.80. The molecule has 0 aliphatic heterocycles. The number of ether oxygens (including phenoxy) is 1. The number of halogens is 2. The molecule has 94 valence electrons. The van der Waals surface area contributed by atoms with Crippen molar-refractivity contribution in [1.82, 2.24) is 9.97 Å². The van der Waals surface area contributed by atoms with Crippen LogP contribution in [0.25, 0.3) is 0 Å². The van der Waals surface area contributed by atoms with Crippen LogP contribution in [0.15, 0.2) is 18.3 Å². The number of rotatable bonds is 2. The molecule has 18 heavy (non-hydrogen) atoms. The zero-order valence-corrected chi connectivity index (χ0v) is 11.4. The van der Waals surface area contributed by atoms with Crippen molar-refractivity contribution in [1.29, 1.82) is 0 Å². The Labute approximate surface area is 115 Å². The van der Waals surface area contributed by atoms with Crippen LogP contribution in [-0.2, 0) is 0 Å². The number of hydrogen-bond acceptors (Lipinski definition) is 4. The monoisotopic (exact) mass is 283 g/mol. The molecule has 0 saturated carbocycles. The maximum Gasteiger partial charge on any atom is 0.247 e. The fraction of sp³-hybridized carbons (Fsp3) is 0.167. The van der Waals surface area contributed by atoms with Gasteiger partial charge in [-0.1, -0.05) is 11.6 Å². The lowest BCUT2D eigenvalue weighted by molar-refractivity contribution is 0.463. The van der Waals surface area contributed by atoms with Crippen LogP contribution in [0.5, 0.6) is 11.6 Å². The first kappa shape index (κ1) is 12.9. The Hall–Kier alpha value is -1.52. The summed E-state index contributed by atoms with van der Waals surface area (Å²) in [5.74, 6) is 0.840. The van der Waals surface area contributed by atoms with Crippen LogP contribution in [0.3, 0.4) is 0 Å². The fourth-order valence-electron chi connectivity index (χ4n) is 1.51. The standard InChI is InChI=1S/C12H11Cl2N3O/c1-6-3-8(4-7(2)10(6)13)18-11-9(15)5-16-12(14)17-11/h3-5H,15H2,1-2H3. The van der Waals surface area contributed by atoms with Crippen LogP contribution in [-0.4, -0.2) is 9.97 Å². The Morgan fingerprint density at radius 2 is 1.78 bits per heavy atom. The quantitative estimate of drug-likeness (QED) is 0.852. The first-order chi connectivity index (χ1) is 8.47. The molecule has 0 atom stereocenters. The second-order valence-corrected chi connectivity index (χ2v) is 4.59. The maximum absolute atomic E-state index is 6.08. The second kappa shape index (κ2) is 5.00. The lowest BCUT2D eigenvalue weighted by atomic mass is 10.1. The first-order valence-electron chi connectivity index (χ1n) is 5.20. The number of benzene rings is 1. The topological polar surface area (TPSA) is 61.0 Å². The van der Waals surface area contributed by atoms with Gasteiger partial charge in [-0.25, -0.2) is 4.98 Å². The Balaban J connectivity index is 2.37. The van der Waals surface area contributed by atoms with Crippen molar-refractivity contribution in [2.24, 2.45) is 0 Å². The van der Waals surface area contributed by atoms with Gasteiger partial charge in [0.25, 0.3) is 0 Å². The normalized spacial score (nSPS) is 10.4. The van der Waals surface area contributed by atoms with Gasteiger partial charge >= 0.3 is 0 Å². The van der Waals surface area contributed by atoms with Gasteiger partial charge in [0.05, 0.1) is 6.20 Å². The van der Waals surface area contributed by atoms with Crippen molar-refractivity contribution in [3.63, 3.8) is 0 Å². The number of anilines is 1. The number of nitrogens with zero attached hydrogens (tertiary/aromatic N) is 2. The van der Waals surface area contributed by atoms with E-state index in [0.717, 1.165) is 16.1 Å². The SMILES string of the molecule is Cc1cc(Oc2nc(Cl)ncc2N)cc(C)c1Cl. The third kappa shape index (κ3) is 2.66. The summed E-state index contributed by atoms with van der Waals surface area (Å²) >= 11 is 11.8. The van der Waals surface area contributed by atoms with Crippen LogP contribution in [0, 0.1) is 13.8 Å². The third-order valence-corrected chi connectivity index (χ3v) is 3.15. The zero-order valence-electron chi connectivity index (χ0n) is 9.87. The molecule has 0 bridgehead atoms. The van der Waals surface area contributed by atoms with Crippen LogP contribution >= 0.6 is 23.2 Å². The highest BCUT2D eigenvalue weighted by Gasteiger charge is 2.09. The van der Waals surface area contributed by atoms with Gasteiger partial charge in [0.1, 0.15) is 11.4 Å². The van der Waals surface area contributed by atoms with Crippen LogP contribution in [0.4, 0.5) is 5.69 Å². The van der Waals surface area contributed by atoms with Gasteiger partial charge in [-0.05, 0) is 48.7 Å². The largest absolute Gasteiger partial charge is 0.437 e. The zero-order chi connectivity index (χ0) is 13.3. The summed E-state index contributed by atoms with van der Waals surface area (Å²) in [6.07, 6.45) is 1.40. The summed E-state index contributed by atoms with van der Waals surface area (Å²) < 4.78 is 5.59. The van der Waals surface area contributed by atoms with Gasteiger partial charge in [-0.15, -0.1) is 0 Å². The van der Waals surface area contributed by atoms with E-state index in [0.29, 0.717) is 11.4 Å². The number of nitrogen functional groups attached to an aromatic ring is 1. The van der Waals surface area contributed by atoms with Crippen molar-refractivity contribution in [2.75, 3.05) is 5.73 Å². The molecule has 1 heterocycles. The molecule has 6 heteroatoms. The predicted molar refractivity (Wildman–Crippen MR) is 72.5 cm³/mol. The van der Waals surface area contributed by atoms with E-state index in [1.165, 1.54) is 6.20 Å². The van der Waals surface area contributed by atoms with E-state index < -0.39 is 0 Å². The average Bonchev–Trinajstić information content (AvgIpc) is 2.31. The number of aryl methyl sites for hydroxylation is 2. The smallest absolute Gasteiger partial charge is 0.247 e. The Bertz CT molecular complexity index is 579. The summed E-state index contributed by atoms with van der Waals surface area (Å²) in [4.78, 5) is 7.68. The molecule has 0 amide bonds. The van der Waals surface area contributed by atoms with Gasteiger partial charge < -0.3 is 10.5 Å². The van der Waals surface area contributed by atoms with Gasteiger partial charge in [0.2, 0.25) is 11.2 Å². The van der Waals surface area contributed by atoms with Crippen LogP contribution in [0.2, 0.25) is 10.3 Å². The number of aromatic nitrogens is 2. The van der Waals surface area contributed by atoms with Crippen molar-refractivity contribution in [3.8, 4) is 11.6 Å². The molecule has 2 aromatic rings. The third-order valence-electron chi connectivity index (χ3n) is 2.38. The predicted octanol–water partition coefficient (Wildman–Crippen LogP) is 3.77. The molecule has 4 nitrogen and oxygen atoms in total. The van der Waals surface area contributed by atoms with E-state index in [1.807, 2.05) is 26.0 Å². The van der Waals surface area contributed by atoms with Gasteiger partial charge in [-0.3, -0.25) is 0 Å². The lowest BCUT2D eigenvalue weighted by Gasteiger charge is -2.10. The lowest BCUT2D eigenvalue weighted by Crippen LogP contribution is -1.97. The van der Waals surface area contributed by atoms with Gasteiger partial charge in [0, 0.05) is 5.02 Å². The minimum absolute atomic E-state index is 0.0848. The minimum Gasteiger partial charge on any atom is -0.437 e. The van der Waals surface area contributed by atoms with E-state index in [2.05, 4.69) is 9.97 Å². The highest BCUT2D eigenvalue weighted by atomic mass is 35.5. The Kier molecular flexibility index (Phi) is 3.59. The van der Waals surface area contributed by atoms with E-state index in [4.69, 9.17) is 33.7 Å². The molecule has 0 aliphatic carbocycles. The summed E-state index contributed by atoms with van der Waals surface area (Å²) in [6, 6.07) is 3.62. The van der Waals surface area contributed by atoms with E-state index in [-0.39, 0.29) is 11.2 Å². The van der Waals surface area contributed by atoms with Crippen LogP contribution in [0.1, 0.15) is 11.1 Å². The van der Waals surface area contributed by atoms with E-state index in [1.54, 1.807) is 0 Å². The Morgan fingerprint density at radius 1 is 1.17 bits per heavy atom. The van der Waals surface area contributed by atoms with Gasteiger partial charge in [-0.2, -0.15) is 4.98 Å². The van der Waals surface area contributed by atoms with Crippen molar-refractivity contribution in [3.05, 3.63) is 39.8 Å². The van der Waals surface area contributed by atoms with Gasteiger partial charge in [0.15, 0.2) is 0 Å².